The van der Waals surface area contributed by atoms with Crippen molar-refractivity contribution in [3.8, 4) is 0 Å². The molecule has 0 aromatic rings. The molecular weight excluding hydrogens is 216 g/mol. The summed E-state index contributed by atoms with van der Waals surface area (Å²) in [5.74, 6) is 1.16. The minimum absolute atomic E-state index is 0.0295. The Bertz CT molecular complexity index is 275. The van der Waals surface area contributed by atoms with E-state index in [1.807, 2.05) is 9.80 Å². The predicted octanol–water partition coefficient (Wildman–Crippen LogP) is 1.54. The number of likely N-dealkylation sites (tertiary alicyclic amines) is 2. The molecule has 4 nitrogen and oxygen atoms in total. The fourth-order valence-electron chi connectivity index (χ4n) is 2.91. The largest absolute Gasteiger partial charge is 0.394 e. The normalized spacial score (nSPS) is 31.0. The Morgan fingerprint density at radius 2 is 1.82 bits per heavy atom. The van der Waals surface area contributed by atoms with Crippen LogP contribution in [0.5, 0.6) is 0 Å². The van der Waals surface area contributed by atoms with Gasteiger partial charge in [-0.2, -0.15) is 0 Å². The van der Waals surface area contributed by atoms with E-state index in [1.54, 1.807) is 0 Å². The maximum atomic E-state index is 12.4. The Balaban J connectivity index is 1.95. The van der Waals surface area contributed by atoms with Crippen molar-refractivity contribution >= 4 is 6.03 Å². The number of hydrogen-bond acceptors (Lipinski definition) is 2. The first kappa shape index (κ1) is 12.7. The zero-order valence-corrected chi connectivity index (χ0v) is 10.9. The van der Waals surface area contributed by atoms with E-state index >= 15 is 0 Å². The van der Waals surface area contributed by atoms with Crippen LogP contribution in [0.25, 0.3) is 0 Å². The zero-order valence-electron chi connectivity index (χ0n) is 10.9. The quantitative estimate of drug-likeness (QED) is 0.755. The van der Waals surface area contributed by atoms with Crippen molar-refractivity contribution in [3.63, 3.8) is 0 Å². The minimum atomic E-state index is 0.0295. The van der Waals surface area contributed by atoms with Gasteiger partial charge in [0.25, 0.3) is 0 Å². The lowest BCUT2D eigenvalue weighted by Gasteiger charge is -2.35. The van der Waals surface area contributed by atoms with Gasteiger partial charge in [0.1, 0.15) is 0 Å². The van der Waals surface area contributed by atoms with Gasteiger partial charge in [-0.3, -0.25) is 0 Å². The Labute approximate surface area is 104 Å². The third-order valence-corrected chi connectivity index (χ3v) is 4.37. The van der Waals surface area contributed by atoms with Crippen molar-refractivity contribution in [2.24, 2.45) is 11.8 Å². The van der Waals surface area contributed by atoms with Crippen LogP contribution in [0, 0.1) is 11.8 Å². The fourth-order valence-corrected chi connectivity index (χ4v) is 2.91. The molecule has 0 saturated carbocycles. The maximum Gasteiger partial charge on any atom is 0.320 e. The Hall–Kier alpha value is -0.770. The first-order valence-corrected chi connectivity index (χ1v) is 6.80. The summed E-state index contributed by atoms with van der Waals surface area (Å²) in [6.07, 6.45) is 3.24. The summed E-state index contributed by atoms with van der Waals surface area (Å²) < 4.78 is 0. The number of piperidine rings is 1. The van der Waals surface area contributed by atoms with Crippen LogP contribution < -0.4 is 0 Å². The summed E-state index contributed by atoms with van der Waals surface area (Å²) in [5.41, 5.74) is 0. The average Bonchev–Trinajstić information content (AvgIpc) is 2.70. The molecular formula is C13H24N2O2. The van der Waals surface area contributed by atoms with Crippen LogP contribution in [0.15, 0.2) is 0 Å². The van der Waals surface area contributed by atoms with E-state index in [-0.39, 0.29) is 18.7 Å². The molecule has 2 amide bonds. The number of amides is 2. The van der Waals surface area contributed by atoms with Crippen LogP contribution in [-0.2, 0) is 0 Å². The van der Waals surface area contributed by atoms with Crippen LogP contribution >= 0.6 is 0 Å². The molecule has 2 atom stereocenters. The maximum absolute atomic E-state index is 12.4. The van der Waals surface area contributed by atoms with Gasteiger partial charge >= 0.3 is 6.03 Å². The van der Waals surface area contributed by atoms with Gasteiger partial charge in [-0.1, -0.05) is 13.8 Å². The number of carbonyl (C=O) groups excluding carboxylic acids is 1. The third-order valence-electron chi connectivity index (χ3n) is 4.37. The summed E-state index contributed by atoms with van der Waals surface area (Å²) >= 11 is 0. The van der Waals surface area contributed by atoms with E-state index in [0.29, 0.717) is 5.92 Å². The van der Waals surface area contributed by atoms with Gasteiger partial charge in [0, 0.05) is 19.6 Å². The number of hydrogen-bond donors (Lipinski definition) is 1. The molecule has 0 aromatic carbocycles. The summed E-state index contributed by atoms with van der Waals surface area (Å²) in [6, 6.07) is 0.169. The highest BCUT2D eigenvalue weighted by Crippen LogP contribution is 2.26. The Kier molecular flexibility index (Phi) is 3.92. The summed E-state index contributed by atoms with van der Waals surface area (Å²) in [7, 11) is 0. The van der Waals surface area contributed by atoms with Gasteiger partial charge in [-0.15, -0.1) is 0 Å². The Morgan fingerprint density at radius 1 is 1.18 bits per heavy atom. The molecule has 4 heteroatoms. The summed E-state index contributed by atoms with van der Waals surface area (Å²) in [4.78, 5) is 16.2. The smallest absolute Gasteiger partial charge is 0.320 e. The number of rotatable bonds is 1. The van der Waals surface area contributed by atoms with E-state index in [1.165, 1.54) is 0 Å². The molecule has 2 fully saturated rings. The molecule has 0 aromatic heterocycles. The standard InChI is InChI=1S/C13H24N2O2/c1-10-3-6-14(7-4-10)13(17)15-8-5-11(2)12(15)9-16/h10-12,16H,3-9H2,1-2H3. The molecule has 2 rings (SSSR count). The highest BCUT2D eigenvalue weighted by Gasteiger charge is 2.36. The summed E-state index contributed by atoms with van der Waals surface area (Å²) in [5, 5.41) is 9.38. The van der Waals surface area contributed by atoms with Gasteiger partial charge in [-0.25, -0.2) is 4.79 Å². The predicted molar refractivity (Wildman–Crippen MR) is 66.7 cm³/mol. The second kappa shape index (κ2) is 5.25. The van der Waals surface area contributed by atoms with E-state index in [4.69, 9.17) is 0 Å². The molecule has 98 valence electrons. The summed E-state index contributed by atoms with van der Waals surface area (Å²) in [6.45, 7) is 7.02. The number of carbonyl (C=O) groups is 1. The SMILES string of the molecule is CC1CCN(C(=O)N2CCC(C)C2CO)CC1. The lowest BCUT2D eigenvalue weighted by Crippen LogP contribution is -2.49. The molecule has 0 radical (unpaired) electrons. The molecule has 2 heterocycles. The van der Waals surface area contributed by atoms with Gasteiger partial charge in [0.05, 0.1) is 12.6 Å². The van der Waals surface area contributed by atoms with Crippen LogP contribution in [0.1, 0.15) is 33.1 Å². The second-order valence-electron chi connectivity index (χ2n) is 5.66. The average molecular weight is 240 g/mol. The van der Waals surface area contributed by atoms with Crippen molar-refractivity contribution in [2.75, 3.05) is 26.2 Å². The topological polar surface area (TPSA) is 43.8 Å². The van der Waals surface area contributed by atoms with Gasteiger partial charge in [0.2, 0.25) is 0 Å². The van der Waals surface area contributed by atoms with Crippen molar-refractivity contribution in [1.29, 1.82) is 0 Å². The van der Waals surface area contributed by atoms with Crippen molar-refractivity contribution < 1.29 is 9.90 Å². The van der Waals surface area contributed by atoms with E-state index < -0.39 is 0 Å². The van der Waals surface area contributed by atoms with Crippen molar-refractivity contribution in [3.05, 3.63) is 0 Å². The van der Waals surface area contributed by atoms with Gasteiger partial charge in [0.15, 0.2) is 0 Å². The first-order valence-electron chi connectivity index (χ1n) is 6.80. The van der Waals surface area contributed by atoms with E-state index in [9.17, 15) is 9.90 Å². The van der Waals surface area contributed by atoms with E-state index in [0.717, 1.165) is 44.8 Å². The van der Waals surface area contributed by atoms with Gasteiger partial charge < -0.3 is 14.9 Å². The van der Waals surface area contributed by atoms with Crippen LogP contribution in [0.3, 0.4) is 0 Å². The third kappa shape index (κ3) is 2.57. The molecule has 1 N–H and O–H groups in total. The molecule has 0 bridgehead atoms. The zero-order chi connectivity index (χ0) is 12.4. The molecule has 2 saturated heterocycles. The number of nitrogens with zero attached hydrogens (tertiary/aromatic N) is 2. The molecule has 2 aliphatic heterocycles. The van der Waals surface area contributed by atoms with Crippen LogP contribution in [0.4, 0.5) is 4.79 Å². The van der Waals surface area contributed by atoms with E-state index in [2.05, 4.69) is 13.8 Å². The fraction of sp³-hybridized carbons (Fsp3) is 0.923. The van der Waals surface area contributed by atoms with Gasteiger partial charge in [-0.05, 0) is 31.1 Å². The first-order chi connectivity index (χ1) is 8.13. The van der Waals surface area contributed by atoms with Crippen LogP contribution in [-0.4, -0.2) is 53.2 Å². The lowest BCUT2D eigenvalue weighted by atomic mass is 9.99. The molecule has 17 heavy (non-hydrogen) atoms. The van der Waals surface area contributed by atoms with Crippen LogP contribution in [0.2, 0.25) is 0 Å². The minimum Gasteiger partial charge on any atom is -0.394 e. The number of aliphatic hydroxyl groups is 1. The molecule has 0 spiro atoms. The Morgan fingerprint density at radius 3 is 2.41 bits per heavy atom. The molecule has 2 aliphatic rings. The number of urea groups is 1. The van der Waals surface area contributed by atoms with Crippen molar-refractivity contribution in [1.82, 2.24) is 9.80 Å². The lowest BCUT2D eigenvalue weighted by molar-refractivity contribution is 0.105. The second-order valence-corrected chi connectivity index (χ2v) is 5.66. The molecule has 0 aliphatic carbocycles. The monoisotopic (exact) mass is 240 g/mol. The number of aliphatic hydroxyl groups excluding tert-OH is 1. The molecule has 2 unspecified atom stereocenters. The highest BCUT2D eigenvalue weighted by molar-refractivity contribution is 5.75. The highest BCUT2D eigenvalue weighted by atomic mass is 16.3. The van der Waals surface area contributed by atoms with Crippen molar-refractivity contribution in [2.45, 2.75) is 39.2 Å².